The first-order chi connectivity index (χ1) is 7.16. The lowest BCUT2D eigenvalue weighted by Crippen LogP contribution is -2.57. The maximum Gasteiger partial charge on any atom is 0.136 e. The van der Waals surface area contributed by atoms with Gasteiger partial charge >= 0.3 is 0 Å². The third kappa shape index (κ3) is 1.37. The molecule has 15 heavy (non-hydrogen) atoms. The Kier molecular flexibility index (Phi) is 2.17. The molecule has 0 aromatic carbocycles. The van der Waals surface area contributed by atoms with Gasteiger partial charge in [0.2, 0.25) is 0 Å². The van der Waals surface area contributed by atoms with E-state index >= 15 is 0 Å². The molecule has 84 valence electrons. The molecule has 3 fully saturated rings. The lowest BCUT2D eigenvalue weighted by atomic mass is 9.77. The number of ketones is 1. The lowest BCUT2D eigenvalue weighted by Gasteiger charge is -2.50. The number of hydrogen-bond donors (Lipinski definition) is 0. The molecule has 0 aliphatic carbocycles. The normalized spacial score (nSPS) is 50.5. The van der Waals surface area contributed by atoms with Gasteiger partial charge in [0.05, 0.1) is 0 Å². The molecule has 0 radical (unpaired) electrons. The molecule has 0 saturated carbocycles. The fraction of sp³-hybridized carbons (Fsp3) is 0.923. The average molecular weight is 207 g/mol. The highest BCUT2D eigenvalue weighted by Gasteiger charge is 2.49. The summed E-state index contributed by atoms with van der Waals surface area (Å²) in [6.45, 7) is 4.74. The van der Waals surface area contributed by atoms with Gasteiger partial charge in [-0.3, -0.25) is 9.69 Å². The Balaban J connectivity index is 1.91. The first-order valence-electron chi connectivity index (χ1n) is 6.46. The molecule has 0 aromatic heterocycles. The molecular weight excluding hydrogens is 186 g/mol. The smallest absolute Gasteiger partial charge is 0.136 e. The van der Waals surface area contributed by atoms with Crippen molar-refractivity contribution in [3.05, 3.63) is 0 Å². The van der Waals surface area contributed by atoms with Crippen LogP contribution in [0, 0.1) is 11.8 Å². The van der Waals surface area contributed by atoms with E-state index in [4.69, 9.17) is 0 Å². The quantitative estimate of drug-likeness (QED) is 0.607. The Bertz CT molecular complexity index is 288. The van der Waals surface area contributed by atoms with Gasteiger partial charge in [0.25, 0.3) is 0 Å². The predicted molar refractivity (Wildman–Crippen MR) is 59.6 cm³/mol. The Morgan fingerprint density at radius 3 is 2.60 bits per heavy atom. The summed E-state index contributed by atoms with van der Waals surface area (Å²) in [4.78, 5) is 14.4. The second-order valence-electron chi connectivity index (χ2n) is 5.95. The Morgan fingerprint density at radius 1 is 1.07 bits per heavy atom. The van der Waals surface area contributed by atoms with Crippen molar-refractivity contribution in [1.82, 2.24) is 4.90 Å². The number of nitrogens with zero attached hydrogens (tertiary/aromatic N) is 1. The monoisotopic (exact) mass is 207 g/mol. The van der Waals surface area contributed by atoms with Gasteiger partial charge in [-0.25, -0.2) is 0 Å². The molecular formula is C13H21NO. The van der Waals surface area contributed by atoms with Crippen LogP contribution >= 0.6 is 0 Å². The van der Waals surface area contributed by atoms with E-state index in [1.165, 1.54) is 19.3 Å². The van der Waals surface area contributed by atoms with E-state index < -0.39 is 0 Å². The van der Waals surface area contributed by atoms with Gasteiger partial charge in [-0.05, 0) is 31.1 Å². The molecule has 3 aliphatic heterocycles. The largest absolute Gasteiger partial charge is 0.300 e. The van der Waals surface area contributed by atoms with E-state index in [0.29, 0.717) is 17.9 Å². The Hall–Kier alpha value is -0.370. The van der Waals surface area contributed by atoms with Gasteiger partial charge in [-0.15, -0.1) is 0 Å². The van der Waals surface area contributed by atoms with Crippen molar-refractivity contribution in [2.45, 2.75) is 64.1 Å². The number of carbonyl (C=O) groups excluding carboxylic acids is 1. The maximum absolute atomic E-state index is 11.7. The molecule has 3 saturated heterocycles. The van der Waals surface area contributed by atoms with E-state index in [1.807, 2.05) is 0 Å². The van der Waals surface area contributed by atoms with Crippen LogP contribution in [0.4, 0.5) is 0 Å². The van der Waals surface area contributed by atoms with Gasteiger partial charge in [-0.2, -0.15) is 0 Å². The number of piperidine rings is 2. The summed E-state index contributed by atoms with van der Waals surface area (Å²) in [6.07, 6.45) is 5.60. The average Bonchev–Trinajstić information content (AvgIpc) is 2.58. The standard InChI is InChI=1S/C13H21NO/c1-8-5-9(2)13-7-11(15)6-10-3-4-12(8)14(10)13/h8-10,12-13H,3-7H2,1-2H3/t8-,9-,10+,12+,13+/m0/s1. The van der Waals surface area contributed by atoms with E-state index in [2.05, 4.69) is 18.7 Å². The number of hydrogen-bond acceptors (Lipinski definition) is 2. The highest BCUT2D eigenvalue weighted by molar-refractivity contribution is 5.80. The molecule has 3 rings (SSSR count). The molecule has 5 atom stereocenters. The van der Waals surface area contributed by atoms with Crippen molar-refractivity contribution in [2.75, 3.05) is 0 Å². The zero-order chi connectivity index (χ0) is 10.6. The second kappa shape index (κ2) is 3.31. The topological polar surface area (TPSA) is 20.3 Å². The molecule has 0 N–H and O–H groups in total. The highest BCUT2D eigenvalue weighted by Crippen LogP contribution is 2.45. The molecule has 2 heteroatoms. The van der Waals surface area contributed by atoms with Crippen LogP contribution in [0.5, 0.6) is 0 Å². The van der Waals surface area contributed by atoms with Crippen molar-refractivity contribution in [1.29, 1.82) is 0 Å². The molecule has 0 aromatic rings. The van der Waals surface area contributed by atoms with Gasteiger partial charge in [0.1, 0.15) is 5.78 Å². The van der Waals surface area contributed by atoms with Crippen molar-refractivity contribution in [3.63, 3.8) is 0 Å². The second-order valence-corrected chi connectivity index (χ2v) is 5.95. The minimum atomic E-state index is 0.517. The molecule has 0 unspecified atom stereocenters. The number of rotatable bonds is 0. The molecule has 3 heterocycles. The summed E-state index contributed by atoms with van der Waals surface area (Å²) in [5.41, 5.74) is 0. The first-order valence-corrected chi connectivity index (χ1v) is 6.46. The summed E-state index contributed by atoms with van der Waals surface area (Å²) in [5.74, 6) is 2.08. The van der Waals surface area contributed by atoms with Gasteiger partial charge < -0.3 is 0 Å². The summed E-state index contributed by atoms with van der Waals surface area (Å²) < 4.78 is 0. The summed E-state index contributed by atoms with van der Waals surface area (Å²) in [5, 5.41) is 0. The number of Topliss-reactive ketones (excluding diaryl/α,β-unsaturated/α-hetero) is 1. The van der Waals surface area contributed by atoms with Crippen LogP contribution in [0.2, 0.25) is 0 Å². The van der Waals surface area contributed by atoms with Crippen LogP contribution < -0.4 is 0 Å². The summed E-state index contributed by atoms with van der Waals surface area (Å²) >= 11 is 0. The fourth-order valence-corrected chi connectivity index (χ4v) is 4.32. The zero-order valence-corrected chi connectivity index (χ0v) is 9.78. The zero-order valence-electron chi connectivity index (χ0n) is 9.78. The van der Waals surface area contributed by atoms with Crippen LogP contribution in [-0.2, 0) is 4.79 Å². The lowest BCUT2D eigenvalue weighted by molar-refractivity contribution is -0.128. The minimum absolute atomic E-state index is 0.517. The van der Waals surface area contributed by atoms with Crippen LogP contribution in [0.15, 0.2) is 0 Å². The fourth-order valence-electron chi connectivity index (χ4n) is 4.32. The Labute approximate surface area is 92.0 Å². The van der Waals surface area contributed by atoms with E-state index in [1.54, 1.807) is 0 Å². The maximum atomic E-state index is 11.7. The number of carbonyl (C=O) groups is 1. The van der Waals surface area contributed by atoms with Crippen molar-refractivity contribution in [2.24, 2.45) is 11.8 Å². The van der Waals surface area contributed by atoms with Crippen LogP contribution in [0.3, 0.4) is 0 Å². The third-order valence-electron chi connectivity index (χ3n) is 4.94. The predicted octanol–water partition coefficient (Wildman–Crippen LogP) is 2.23. The summed E-state index contributed by atoms with van der Waals surface area (Å²) in [6, 6.07) is 1.98. The van der Waals surface area contributed by atoms with Crippen LogP contribution in [0.25, 0.3) is 0 Å². The van der Waals surface area contributed by atoms with E-state index in [-0.39, 0.29) is 0 Å². The van der Waals surface area contributed by atoms with Gasteiger partial charge in [0, 0.05) is 31.0 Å². The van der Waals surface area contributed by atoms with Gasteiger partial charge in [0.15, 0.2) is 0 Å². The molecule has 2 nitrogen and oxygen atoms in total. The summed E-state index contributed by atoms with van der Waals surface area (Å²) in [7, 11) is 0. The van der Waals surface area contributed by atoms with E-state index in [0.717, 1.165) is 30.7 Å². The van der Waals surface area contributed by atoms with Crippen molar-refractivity contribution >= 4 is 5.78 Å². The van der Waals surface area contributed by atoms with Crippen molar-refractivity contribution < 1.29 is 4.79 Å². The molecule has 3 aliphatic rings. The van der Waals surface area contributed by atoms with Gasteiger partial charge in [-0.1, -0.05) is 13.8 Å². The molecule has 0 spiro atoms. The van der Waals surface area contributed by atoms with E-state index in [9.17, 15) is 4.79 Å². The SMILES string of the molecule is C[C@H]1C[C@H](C)[C@H]2CC(=O)C[C@H]3CC[C@H]1N32. The molecule has 0 amide bonds. The Morgan fingerprint density at radius 2 is 1.80 bits per heavy atom. The van der Waals surface area contributed by atoms with Crippen LogP contribution in [0.1, 0.15) is 46.0 Å². The highest BCUT2D eigenvalue weighted by atomic mass is 16.1. The first kappa shape index (κ1) is 9.83. The van der Waals surface area contributed by atoms with Crippen molar-refractivity contribution in [3.8, 4) is 0 Å². The third-order valence-corrected chi connectivity index (χ3v) is 4.94. The molecule has 0 bridgehead atoms. The minimum Gasteiger partial charge on any atom is -0.300 e. The van der Waals surface area contributed by atoms with Crippen LogP contribution in [-0.4, -0.2) is 28.8 Å².